The van der Waals surface area contributed by atoms with Crippen LogP contribution in [-0.2, 0) is 13.0 Å². The Labute approximate surface area is 131 Å². The molecule has 22 heavy (non-hydrogen) atoms. The van der Waals surface area contributed by atoms with Crippen molar-refractivity contribution in [2.45, 2.75) is 13.0 Å². The van der Waals surface area contributed by atoms with Crippen molar-refractivity contribution >= 4 is 28.5 Å². The van der Waals surface area contributed by atoms with Gasteiger partial charge in [0.15, 0.2) is 5.82 Å². The zero-order valence-electron chi connectivity index (χ0n) is 11.9. The Morgan fingerprint density at radius 3 is 3.00 bits per heavy atom. The van der Waals surface area contributed by atoms with E-state index in [2.05, 4.69) is 25.6 Å². The first kappa shape index (κ1) is 14.8. The Morgan fingerprint density at radius 1 is 1.41 bits per heavy atom. The second-order valence-corrected chi connectivity index (χ2v) is 5.11. The number of hydrogen-bond donors (Lipinski definition) is 3. The van der Waals surface area contributed by atoms with Crippen LogP contribution in [0.5, 0.6) is 0 Å². The molecule has 0 saturated carbocycles. The Morgan fingerprint density at radius 2 is 2.27 bits per heavy atom. The number of rotatable bonds is 6. The van der Waals surface area contributed by atoms with E-state index < -0.39 is 0 Å². The number of aromatic amines is 1. The summed E-state index contributed by atoms with van der Waals surface area (Å²) in [5, 5.41) is 6.38. The first-order chi connectivity index (χ1) is 10.7. The van der Waals surface area contributed by atoms with Gasteiger partial charge in [0.1, 0.15) is 17.2 Å². The molecule has 0 bridgehead atoms. The summed E-state index contributed by atoms with van der Waals surface area (Å²) in [4.78, 5) is 11.1. The highest BCUT2D eigenvalue weighted by Gasteiger charge is 2.18. The minimum Gasteiger partial charge on any atom is -0.467 e. The Bertz CT molecular complexity index is 771. The number of aromatic nitrogens is 3. The quantitative estimate of drug-likeness (QED) is 0.608. The van der Waals surface area contributed by atoms with Gasteiger partial charge in [0.2, 0.25) is 5.28 Å². The van der Waals surface area contributed by atoms with Crippen molar-refractivity contribution in [1.82, 2.24) is 20.3 Å². The molecule has 0 aliphatic rings. The number of furan rings is 1. The minimum absolute atomic E-state index is 0.0517. The smallest absolute Gasteiger partial charge is 0.226 e. The zero-order chi connectivity index (χ0) is 15.5. The molecule has 0 fully saturated rings. The Hall–Kier alpha value is -2.12. The van der Waals surface area contributed by atoms with Gasteiger partial charge in [0.05, 0.1) is 23.9 Å². The molecule has 116 valence electrons. The van der Waals surface area contributed by atoms with Crippen LogP contribution < -0.4 is 10.6 Å². The molecule has 8 heteroatoms. The van der Waals surface area contributed by atoms with Gasteiger partial charge in [-0.15, -0.1) is 0 Å². The van der Waals surface area contributed by atoms with E-state index in [0.717, 1.165) is 0 Å². The lowest BCUT2D eigenvalue weighted by molar-refractivity contribution is 0.518. The molecule has 0 spiro atoms. The van der Waals surface area contributed by atoms with Crippen molar-refractivity contribution in [3.8, 4) is 0 Å². The molecule has 0 unspecified atom stereocenters. The third-order valence-corrected chi connectivity index (χ3v) is 3.44. The summed E-state index contributed by atoms with van der Waals surface area (Å²) in [6, 6.07) is 3.60. The van der Waals surface area contributed by atoms with Crippen molar-refractivity contribution in [1.29, 1.82) is 0 Å². The maximum atomic E-state index is 14.6. The molecule has 3 heterocycles. The van der Waals surface area contributed by atoms with E-state index in [1.165, 1.54) is 0 Å². The van der Waals surface area contributed by atoms with E-state index in [9.17, 15) is 4.39 Å². The molecule has 0 saturated heterocycles. The van der Waals surface area contributed by atoms with Gasteiger partial charge in [-0.2, -0.15) is 9.97 Å². The summed E-state index contributed by atoms with van der Waals surface area (Å²) in [6.07, 6.45) is 2.10. The lowest BCUT2D eigenvalue weighted by Crippen LogP contribution is -2.11. The first-order valence-electron chi connectivity index (χ1n) is 6.83. The van der Waals surface area contributed by atoms with E-state index in [1.807, 2.05) is 13.1 Å². The largest absolute Gasteiger partial charge is 0.467 e. The van der Waals surface area contributed by atoms with Gasteiger partial charge in [-0.1, -0.05) is 0 Å². The number of nitrogens with zero attached hydrogens (tertiary/aromatic N) is 2. The zero-order valence-corrected chi connectivity index (χ0v) is 12.7. The van der Waals surface area contributed by atoms with E-state index in [-0.39, 0.29) is 11.1 Å². The molecule has 3 rings (SSSR count). The maximum Gasteiger partial charge on any atom is 0.226 e. The monoisotopic (exact) mass is 323 g/mol. The average molecular weight is 324 g/mol. The van der Waals surface area contributed by atoms with Crippen LogP contribution in [0.4, 0.5) is 10.2 Å². The first-order valence-corrected chi connectivity index (χ1v) is 7.21. The molecule has 3 aromatic heterocycles. The van der Waals surface area contributed by atoms with Gasteiger partial charge < -0.3 is 20.0 Å². The summed E-state index contributed by atoms with van der Waals surface area (Å²) in [7, 11) is 1.81. The van der Waals surface area contributed by atoms with E-state index >= 15 is 0 Å². The molecular weight excluding hydrogens is 309 g/mol. The molecule has 0 amide bonds. The number of nitrogens with one attached hydrogen (secondary N) is 3. The topological polar surface area (TPSA) is 78.8 Å². The van der Waals surface area contributed by atoms with Gasteiger partial charge >= 0.3 is 0 Å². The summed E-state index contributed by atoms with van der Waals surface area (Å²) in [6.45, 7) is 1.03. The van der Waals surface area contributed by atoms with Gasteiger partial charge in [-0.3, -0.25) is 0 Å². The molecule has 3 N–H and O–H groups in total. The number of likely N-dealkylation sites (N-methyl/N-ethyl adjacent to an activating group) is 1. The fourth-order valence-corrected chi connectivity index (χ4v) is 2.38. The predicted molar refractivity (Wildman–Crippen MR) is 82.5 cm³/mol. The van der Waals surface area contributed by atoms with Gasteiger partial charge in [-0.05, 0) is 30.8 Å². The highest BCUT2D eigenvalue weighted by molar-refractivity contribution is 6.28. The normalized spacial score (nSPS) is 11.2. The molecule has 0 aliphatic carbocycles. The van der Waals surface area contributed by atoms with Crippen LogP contribution in [-0.4, -0.2) is 28.5 Å². The van der Waals surface area contributed by atoms with Crippen LogP contribution >= 0.6 is 11.6 Å². The van der Waals surface area contributed by atoms with E-state index in [0.29, 0.717) is 47.8 Å². The highest BCUT2D eigenvalue weighted by Crippen LogP contribution is 2.27. The number of hydrogen-bond acceptors (Lipinski definition) is 5. The van der Waals surface area contributed by atoms with Crippen LogP contribution in [0.15, 0.2) is 22.8 Å². The summed E-state index contributed by atoms with van der Waals surface area (Å²) in [5.74, 6) is 0.703. The van der Waals surface area contributed by atoms with Gasteiger partial charge in [0.25, 0.3) is 0 Å². The van der Waals surface area contributed by atoms with Crippen LogP contribution in [0.25, 0.3) is 11.0 Å². The molecular formula is C14H15ClFN5O. The summed E-state index contributed by atoms with van der Waals surface area (Å²) in [5.41, 5.74) is 0.854. The van der Waals surface area contributed by atoms with Crippen LogP contribution in [0, 0.1) is 5.82 Å². The summed E-state index contributed by atoms with van der Waals surface area (Å²) >= 11 is 5.91. The fourth-order valence-electron chi connectivity index (χ4n) is 2.21. The Balaban J connectivity index is 1.95. The number of halogens is 2. The average Bonchev–Trinajstić information content (AvgIpc) is 3.11. The predicted octanol–water partition coefficient (Wildman–Crippen LogP) is 2.72. The standard InChI is InChI=1S/C14H15ClFN5O/c1-17-5-4-9-11(16)10-12(18-7-8-3-2-6-22-8)20-14(15)21-13(10)19-9/h2-3,6,17H,4-5,7H2,1H3,(H2,18,19,20,21). The summed E-state index contributed by atoms with van der Waals surface area (Å²) < 4.78 is 19.8. The van der Waals surface area contributed by atoms with Crippen molar-refractivity contribution in [2.24, 2.45) is 0 Å². The van der Waals surface area contributed by atoms with Gasteiger partial charge in [-0.25, -0.2) is 4.39 Å². The third kappa shape index (κ3) is 2.90. The third-order valence-electron chi connectivity index (χ3n) is 3.27. The van der Waals surface area contributed by atoms with E-state index in [1.54, 1.807) is 12.3 Å². The second-order valence-electron chi connectivity index (χ2n) is 4.77. The molecule has 6 nitrogen and oxygen atoms in total. The molecule has 0 atom stereocenters. The highest BCUT2D eigenvalue weighted by atomic mass is 35.5. The maximum absolute atomic E-state index is 14.6. The number of fused-ring (bicyclic) bond motifs is 1. The van der Waals surface area contributed by atoms with Crippen LogP contribution in [0.1, 0.15) is 11.5 Å². The van der Waals surface area contributed by atoms with Crippen molar-refractivity contribution in [2.75, 3.05) is 18.9 Å². The number of anilines is 1. The lowest BCUT2D eigenvalue weighted by atomic mass is 10.2. The Kier molecular flexibility index (Phi) is 4.26. The van der Waals surface area contributed by atoms with E-state index in [4.69, 9.17) is 16.0 Å². The van der Waals surface area contributed by atoms with Crippen molar-refractivity contribution in [3.63, 3.8) is 0 Å². The minimum atomic E-state index is -0.358. The van der Waals surface area contributed by atoms with Crippen molar-refractivity contribution in [3.05, 3.63) is 41.0 Å². The van der Waals surface area contributed by atoms with Crippen LogP contribution in [0.3, 0.4) is 0 Å². The fraction of sp³-hybridized carbons (Fsp3) is 0.286. The van der Waals surface area contributed by atoms with Gasteiger partial charge in [0, 0.05) is 13.0 Å². The molecule has 0 aliphatic heterocycles. The SMILES string of the molecule is CNCCc1[nH]c2nc(Cl)nc(NCc3ccco3)c2c1F. The number of H-pyrrole nitrogens is 1. The van der Waals surface area contributed by atoms with Crippen molar-refractivity contribution < 1.29 is 8.81 Å². The molecule has 3 aromatic rings. The lowest BCUT2D eigenvalue weighted by Gasteiger charge is -2.05. The second kappa shape index (κ2) is 6.33. The van der Waals surface area contributed by atoms with Crippen LogP contribution in [0.2, 0.25) is 5.28 Å². The molecule has 0 radical (unpaired) electrons. The molecule has 0 aromatic carbocycles.